The number of rotatable bonds is 10. The molecule has 0 aliphatic carbocycles. The highest BCUT2D eigenvalue weighted by atomic mass is 32.2. The van der Waals surface area contributed by atoms with Crippen molar-refractivity contribution in [2.24, 2.45) is 0 Å². The third-order valence-electron chi connectivity index (χ3n) is 6.85. The minimum absolute atomic E-state index is 0.00732. The highest BCUT2D eigenvalue weighted by molar-refractivity contribution is 7.92. The number of nitrogens with zero attached hydrogens (tertiary/aromatic N) is 5. The first-order valence-corrected chi connectivity index (χ1v) is 15.2. The van der Waals surface area contributed by atoms with Crippen LogP contribution in [0.3, 0.4) is 0 Å². The van der Waals surface area contributed by atoms with Crippen LogP contribution in [0.1, 0.15) is 38.2 Å². The second-order valence-electron chi connectivity index (χ2n) is 10.4. The Morgan fingerprint density at radius 1 is 1.02 bits per heavy atom. The molecule has 220 valence electrons. The lowest BCUT2D eigenvalue weighted by Crippen LogP contribution is -2.38. The Morgan fingerprint density at radius 3 is 2.45 bits per heavy atom. The molecule has 5 rings (SSSR count). The van der Waals surface area contributed by atoms with Crippen LogP contribution in [0.2, 0.25) is 0 Å². The first-order valence-electron chi connectivity index (χ1n) is 13.7. The summed E-state index contributed by atoms with van der Waals surface area (Å²) in [5.41, 5.74) is 1.55. The molecule has 1 aliphatic rings. The highest BCUT2D eigenvalue weighted by Gasteiger charge is 2.28. The SMILES string of the molecule is COc1ccccc1Oc1c(NS(=O)(=O)c2ccc(C(C)C)cn2)nc(-c2ccncc2)nc1OC1CCCN(C)C1. The van der Waals surface area contributed by atoms with Crippen LogP contribution in [0, 0.1) is 0 Å². The number of methoxy groups -OCH3 is 1. The van der Waals surface area contributed by atoms with Gasteiger partial charge in [-0.15, -0.1) is 0 Å². The van der Waals surface area contributed by atoms with E-state index in [0.29, 0.717) is 23.6 Å². The number of aromatic nitrogens is 4. The number of likely N-dealkylation sites (N-methyl/N-ethyl adjacent to an activating group) is 1. The summed E-state index contributed by atoms with van der Waals surface area (Å²) < 4.78 is 48.1. The van der Waals surface area contributed by atoms with E-state index in [1.54, 1.807) is 61.1 Å². The van der Waals surface area contributed by atoms with Crippen molar-refractivity contribution in [1.82, 2.24) is 24.8 Å². The molecule has 1 saturated heterocycles. The number of sulfonamides is 1. The van der Waals surface area contributed by atoms with Crippen molar-refractivity contribution in [3.8, 4) is 34.5 Å². The summed E-state index contributed by atoms with van der Waals surface area (Å²) in [6.45, 7) is 5.66. The number of hydrogen-bond acceptors (Lipinski definition) is 10. The van der Waals surface area contributed by atoms with E-state index in [9.17, 15) is 8.42 Å². The van der Waals surface area contributed by atoms with Gasteiger partial charge in [-0.2, -0.15) is 13.4 Å². The maximum absolute atomic E-state index is 13.6. The predicted molar refractivity (Wildman–Crippen MR) is 159 cm³/mol. The summed E-state index contributed by atoms with van der Waals surface area (Å²) in [4.78, 5) is 19.8. The van der Waals surface area contributed by atoms with Crippen LogP contribution in [0.4, 0.5) is 5.82 Å². The molecule has 0 spiro atoms. The maximum Gasteiger partial charge on any atom is 0.280 e. The number of likely N-dealkylation sites (tertiary alicyclic amines) is 1. The largest absolute Gasteiger partial charge is 0.493 e. The normalized spacial score (nSPS) is 15.8. The summed E-state index contributed by atoms with van der Waals surface area (Å²) in [7, 11) is -0.629. The Hall–Kier alpha value is -4.29. The van der Waals surface area contributed by atoms with Crippen molar-refractivity contribution in [2.45, 2.75) is 43.7 Å². The van der Waals surface area contributed by atoms with Crippen molar-refractivity contribution in [2.75, 3.05) is 32.0 Å². The smallest absolute Gasteiger partial charge is 0.280 e. The van der Waals surface area contributed by atoms with Crippen molar-refractivity contribution < 1.29 is 22.6 Å². The average Bonchev–Trinajstić information content (AvgIpc) is 2.99. The van der Waals surface area contributed by atoms with E-state index in [1.807, 2.05) is 20.9 Å². The molecule has 4 aromatic rings. The molecule has 4 heterocycles. The minimum atomic E-state index is -4.18. The highest BCUT2D eigenvalue weighted by Crippen LogP contribution is 2.42. The Morgan fingerprint density at radius 2 is 1.79 bits per heavy atom. The first kappa shape index (κ1) is 29.2. The zero-order valence-corrected chi connectivity index (χ0v) is 24.8. The van der Waals surface area contributed by atoms with Gasteiger partial charge in [0.2, 0.25) is 5.75 Å². The molecule has 1 aromatic carbocycles. The summed E-state index contributed by atoms with van der Waals surface area (Å²) in [6.07, 6.45) is 6.34. The van der Waals surface area contributed by atoms with Gasteiger partial charge in [0.15, 0.2) is 28.2 Å². The number of para-hydroxylation sites is 2. The Labute approximate surface area is 246 Å². The summed E-state index contributed by atoms with van der Waals surface area (Å²) in [6, 6.07) is 13.7. The van der Waals surface area contributed by atoms with Gasteiger partial charge in [0.05, 0.1) is 7.11 Å². The molecule has 42 heavy (non-hydrogen) atoms. The van der Waals surface area contributed by atoms with Gasteiger partial charge in [-0.1, -0.05) is 32.0 Å². The molecule has 0 bridgehead atoms. The Kier molecular flexibility index (Phi) is 8.83. The fourth-order valence-corrected chi connectivity index (χ4v) is 5.50. The minimum Gasteiger partial charge on any atom is -0.493 e. The number of pyridine rings is 2. The Bertz CT molecular complexity index is 1620. The molecule has 1 unspecified atom stereocenters. The lowest BCUT2D eigenvalue weighted by atomic mass is 10.1. The van der Waals surface area contributed by atoms with E-state index in [1.165, 1.54) is 13.2 Å². The number of anilines is 1. The van der Waals surface area contributed by atoms with Gasteiger partial charge in [0.25, 0.3) is 15.9 Å². The third kappa shape index (κ3) is 6.77. The van der Waals surface area contributed by atoms with Gasteiger partial charge in [-0.3, -0.25) is 9.71 Å². The van der Waals surface area contributed by atoms with Crippen molar-refractivity contribution in [3.05, 3.63) is 72.7 Å². The molecular formula is C30H34N6O5S. The van der Waals surface area contributed by atoms with Crippen LogP contribution in [-0.2, 0) is 10.0 Å². The number of benzene rings is 1. The molecule has 3 aromatic heterocycles. The van der Waals surface area contributed by atoms with Crippen molar-refractivity contribution in [3.63, 3.8) is 0 Å². The first-order chi connectivity index (χ1) is 20.2. The second-order valence-corrected chi connectivity index (χ2v) is 12.0. The predicted octanol–water partition coefficient (Wildman–Crippen LogP) is 5.13. The second kappa shape index (κ2) is 12.7. The quantitative estimate of drug-likeness (QED) is 0.265. The molecule has 1 fully saturated rings. The zero-order chi connectivity index (χ0) is 29.7. The van der Waals surface area contributed by atoms with Gasteiger partial charge >= 0.3 is 0 Å². The fraction of sp³-hybridized carbons (Fsp3) is 0.333. The van der Waals surface area contributed by atoms with E-state index < -0.39 is 10.0 Å². The Balaban J connectivity index is 1.64. The molecule has 0 saturated carbocycles. The number of hydrogen-bond donors (Lipinski definition) is 1. The van der Waals surface area contributed by atoms with Gasteiger partial charge in [-0.05, 0) is 68.2 Å². The summed E-state index contributed by atoms with van der Waals surface area (Å²) in [5, 5.41) is -0.157. The van der Waals surface area contributed by atoms with Gasteiger partial charge < -0.3 is 19.1 Å². The molecule has 1 atom stereocenters. The zero-order valence-electron chi connectivity index (χ0n) is 24.0. The lowest BCUT2D eigenvalue weighted by molar-refractivity contribution is 0.0975. The van der Waals surface area contributed by atoms with E-state index >= 15 is 0 Å². The van der Waals surface area contributed by atoms with Crippen LogP contribution in [-0.4, -0.2) is 66.6 Å². The van der Waals surface area contributed by atoms with Gasteiger partial charge in [-0.25, -0.2) is 9.97 Å². The van der Waals surface area contributed by atoms with Crippen molar-refractivity contribution >= 4 is 15.8 Å². The molecule has 1 aliphatic heterocycles. The van der Waals surface area contributed by atoms with Crippen LogP contribution in [0.25, 0.3) is 11.4 Å². The van der Waals surface area contributed by atoms with Gasteiger partial charge in [0.1, 0.15) is 6.10 Å². The molecule has 1 N–H and O–H groups in total. The van der Waals surface area contributed by atoms with Crippen LogP contribution in [0.5, 0.6) is 23.1 Å². The third-order valence-corrected chi connectivity index (χ3v) is 8.10. The summed E-state index contributed by atoms with van der Waals surface area (Å²) >= 11 is 0. The fourth-order valence-electron chi connectivity index (χ4n) is 4.56. The van der Waals surface area contributed by atoms with E-state index in [4.69, 9.17) is 19.2 Å². The molecule has 11 nitrogen and oxygen atoms in total. The van der Waals surface area contributed by atoms with Crippen LogP contribution >= 0.6 is 0 Å². The standard InChI is InChI=1S/C30H34N6O5S/c1-20(2)22-11-12-26(32-18-22)42(37,38)35-29-27(41-25-10-6-5-9-24(25)39-4)30(40-23-8-7-17-36(3)19-23)34-28(33-29)21-13-15-31-16-14-21/h5-6,9-16,18,20,23H,7-8,17,19H2,1-4H3,(H,33,34,35). The van der Waals surface area contributed by atoms with E-state index in [2.05, 4.69) is 24.6 Å². The van der Waals surface area contributed by atoms with Crippen LogP contribution in [0.15, 0.2) is 72.1 Å². The van der Waals surface area contributed by atoms with Gasteiger partial charge in [0, 0.05) is 30.7 Å². The van der Waals surface area contributed by atoms with E-state index in [0.717, 1.165) is 24.9 Å². The average molecular weight is 591 g/mol. The molecular weight excluding hydrogens is 556 g/mol. The number of nitrogens with one attached hydrogen (secondary N) is 1. The van der Waals surface area contributed by atoms with Crippen LogP contribution < -0.4 is 18.9 Å². The lowest BCUT2D eigenvalue weighted by Gasteiger charge is -2.30. The molecule has 0 amide bonds. The maximum atomic E-state index is 13.6. The molecule has 12 heteroatoms. The van der Waals surface area contributed by atoms with Crippen molar-refractivity contribution in [1.29, 1.82) is 0 Å². The monoisotopic (exact) mass is 590 g/mol. The molecule has 0 radical (unpaired) electrons. The summed E-state index contributed by atoms with van der Waals surface area (Å²) in [5.74, 6) is 1.23. The topological polar surface area (TPSA) is 129 Å². The number of piperidine rings is 1. The number of ether oxygens (including phenoxy) is 3. The van der Waals surface area contributed by atoms with E-state index in [-0.39, 0.29) is 40.3 Å².